The molecule has 0 spiro atoms. The first-order chi connectivity index (χ1) is 10.1. The summed E-state index contributed by atoms with van der Waals surface area (Å²) in [7, 11) is 0. The Morgan fingerprint density at radius 3 is 2.90 bits per heavy atom. The lowest BCUT2D eigenvalue weighted by atomic mass is 10.2. The van der Waals surface area contributed by atoms with E-state index >= 15 is 0 Å². The van der Waals surface area contributed by atoms with E-state index in [2.05, 4.69) is 34.3 Å². The Hall–Kier alpha value is -1.99. The average molecular weight is 318 g/mol. The van der Waals surface area contributed by atoms with Gasteiger partial charge in [0, 0.05) is 5.38 Å². The molecule has 0 radical (unpaired) electrons. The van der Waals surface area contributed by atoms with Crippen LogP contribution in [0.15, 0.2) is 29.0 Å². The van der Waals surface area contributed by atoms with E-state index in [4.69, 9.17) is 0 Å². The van der Waals surface area contributed by atoms with Crippen LogP contribution >= 0.6 is 22.7 Å². The average Bonchev–Trinajstić information content (AvgIpc) is 3.19. The van der Waals surface area contributed by atoms with Crippen molar-refractivity contribution >= 4 is 33.7 Å². The SMILES string of the molecule is CC(C)c1csc(NC(=O)c2cc(-c3cccs3)[nH]n2)n1. The molecule has 3 aromatic rings. The number of nitrogens with one attached hydrogen (secondary N) is 2. The lowest BCUT2D eigenvalue weighted by Gasteiger charge is -1.99. The first-order valence-electron chi connectivity index (χ1n) is 6.49. The summed E-state index contributed by atoms with van der Waals surface area (Å²) in [4.78, 5) is 17.6. The molecule has 0 aliphatic rings. The summed E-state index contributed by atoms with van der Waals surface area (Å²) in [6.07, 6.45) is 0. The van der Waals surface area contributed by atoms with Gasteiger partial charge in [-0.15, -0.1) is 22.7 Å². The van der Waals surface area contributed by atoms with Gasteiger partial charge < -0.3 is 0 Å². The van der Waals surface area contributed by atoms with E-state index in [-0.39, 0.29) is 5.91 Å². The van der Waals surface area contributed by atoms with Gasteiger partial charge in [0.05, 0.1) is 16.3 Å². The number of carbonyl (C=O) groups is 1. The molecule has 108 valence electrons. The second-order valence-electron chi connectivity index (χ2n) is 4.83. The van der Waals surface area contributed by atoms with E-state index in [1.807, 2.05) is 22.9 Å². The van der Waals surface area contributed by atoms with Gasteiger partial charge in [-0.05, 0) is 23.4 Å². The van der Waals surface area contributed by atoms with Crippen molar-refractivity contribution in [2.24, 2.45) is 0 Å². The second kappa shape index (κ2) is 5.79. The van der Waals surface area contributed by atoms with Gasteiger partial charge in [0.1, 0.15) is 0 Å². The summed E-state index contributed by atoms with van der Waals surface area (Å²) < 4.78 is 0. The predicted octanol–water partition coefficient (Wildman–Crippen LogP) is 3.97. The number of H-pyrrole nitrogens is 1. The van der Waals surface area contributed by atoms with Gasteiger partial charge in [0.2, 0.25) is 0 Å². The lowest BCUT2D eigenvalue weighted by Crippen LogP contribution is -2.12. The van der Waals surface area contributed by atoms with Crippen molar-refractivity contribution in [2.75, 3.05) is 5.32 Å². The maximum Gasteiger partial charge on any atom is 0.277 e. The van der Waals surface area contributed by atoms with Crippen LogP contribution in [0, 0.1) is 0 Å². The number of aromatic amines is 1. The van der Waals surface area contributed by atoms with E-state index < -0.39 is 0 Å². The van der Waals surface area contributed by atoms with Crippen LogP contribution in [-0.4, -0.2) is 21.1 Å². The molecule has 3 heterocycles. The van der Waals surface area contributed by atoms with E-state index in [0.29, 0.717) is 16.7 Å². The van der Waals surface area contributed by atoms with Crippen molar-refractivity contribution in [3.05, 3.63) is 40.3 Å². The standard InChI is InChI=1S/C14H14N4OS2/c1-8(2)11-7-21-14(15-11)16-13(19)10-6-9(17-18-10)12-4-3-5-20-12/h3-8H,1-2H3,(H,17,18)(H,15,16,19). The van der Waals surface area contributed by atoms with Crippen LogP contribution in [0.5, 0.6) is 0 Å². The summed E-state index contributed by atoms with van der Waals surface area (Å²) in [5.41, 5.74) is 2.19. The third kappa shape index (κ3) is 3.03. The molecular formula is C14H14N4OS2. The molecule has 7 heteroatoms. The minimum absolute atomic E-state index is 0.251. The van der Waals surface area contributed by atoms with Crippen molar-refractivity contribution in [1.82, 2.24) is 15.2 Å². The van der Waals surface area contributed by atoms with Crippen LogP contribution in [0.4, 0.5) is 5.13 Å². The maximum absolute atomic E-state index is 12.2. The number of aromatic nitrogens is 3. The van der Waals surface area contributed by atoms with Crippen LogP contribution in [0.3, 0.4) is 0 Å². The molecule has 0 aliphatic heterocycles. The molecule has 0 bridgehead atoms. The Morgan fingerprint density at radius 1 is 1.38 bits per heavy atom. The zero-order valence-corrected chi connectivity index (χ0v) is 13.2. The highest BCUT2D eigenvalue weighted by Gasteiger charge is 2.14. The van der Waals surface area contributed by atoms with Crippen LogP contribution in [0.1, 0.15) is 35.9 Å². The first-order valence-corrected chi connectivity index (χ1v) is 8.25. The molecule has 5 nitrogen and oxygen atoms in total. The monoisotopic (exact) mass is 318 g/mol. The maximum atomic E-state index is 12.2. The van der Waals surface area contributed by atoms with Gasteiger partial charge in [-0.2, -0.15) is 5.10 Å². The van der Waals surface area contributed by atoms with Gasteiger partial charge in [0.15, 0.2) is 10.8 Å². The van der Waals surface area contributed by atoms with E-state index in [1.165, 1.54) is 11.3 Å². The number of carbonyl (C=O) groups excluding carboxylic acids is 1. The second-order valence-corrected chi connectivity index (χ2v) is 6.64. The fourth-order valence-electron chi connectivity index (χ4n) is 1.77. The van der Waals surface area contributed by atoms with Crippen LogP contribution < -0.4 is 5.32 Å². The normalized spacial score (nSPS) is 11.0. The smallest absolute Gasteiger partial charge is 0.277 e. The molecule has 0 saturated carbocycles. The number of nitrogens with zero attached hydrogens (tertiary/aromatic N) is 2. The molecule has 0 fully saturated rings. The topological polar surface area (TPSA) is 70.7 Å². The molecule has 0 aromatic carbocycles. The molecule has 0 unspecified atom stereocenters. The number of thiophene rings is 1. The Balaban J connectivity index is 1.73. The number of hydrogen-bond acceptors (Lipinski definition) is 5. The number of amides is 1. The predicted molar refractivity (Wildman–Crippen MR) is 86.1 cm³/mol. The molecule has 2 N–H and O–H groups in total. The summed E-state index contributed by atoms with van der Waals surface area (Å²) in [5.74, 6) is 0.0985. The molecule has 0 aliphatic carbocycles. The Bertz CT molecular complexity index is 743. The van der Waals surface area contributed by atoms with Gasteiger partial charge in [0.25, 0.3) is 5.91 Å². The van der Waals surface area contributed by atoms with Crippen molar-refractivity contribution in [3.8, 4) is 10.6 Å². The van der Waals surface area contributed by atoms with Crippen LogP contribution in [0.25, 0.3) is 10.6 Å². The molecule has 21 heavy (non-hydrogen) atoms. The number of rotatable bonds is 4. The zero-order valence-electron chi connectivity index (χ0n) is 11.6. The molecule has 0 saturated heterocycles. The molecule has 3 aromatic heterocycles. The Kier molecular flexibility index (Phi) is 3.85. The van der Waals surface area contributed by atoms with Gasteiger partial charge in [-0.1, -0.05) is 19.9 Å². The molecule has 0 atom stereocenters. The number of thiazole rings is 1. The van der Waals surface area contributed by atoms with Crippen molar-refractivity contribution in [3.63, 3.8) is 0 Å². The third-order valence-electron chi connectivity index (χ3n) is 2.93. The first kappa shape index (κ1) is 14.0. The minimum Gasteiger partial charge on any atom is -0.296 e. The summed E-state index contributed by atoms with van der Waals surface area (Å²) in [6, 6.07) is 5.69. The van der Waals surface area contributed by atoms with E-state index in [0.717, 1.165) is 16.3 Å². The van der Waals surface area contributed by atoms with Crippen LogP contribution in [0.2, 0.25) is 0 Å². The third-order valence-corrected chi connectivity index (χ3v) is 4.61. The van der Waals surface area contributed by atoms with Crippen molar-refractivity contribution in [2.45, 2.75) is 19.8 Å². The summed E-state index contributed by atoms with van der Waals surface area (Å²) in [5, 5.41) is 14.3. The summed E-state index contributed by atoms with van der Waals surface area (Å²) in [6.45, 7) is 4.14. The Labute approximate surface area is 130 Å². The number of anilines is 1. The van der Waals surface area contributed by atoms with Gasteiger partial charge >= 0.3 is 0 Å². The van der Waals surface area contributed by atoms with Gasteiger partial charge in [-0.25, -0.2) is 4.98 Å². The molecular weight excluding hydrogens is 304 g/mol. The largest absolute Gasteiger partial charge is 0.296 e. The highest BCUT2D eigenvalue weighted by atomic mass is 32.1. The highest BCUT2D eigenvalue weighted by molar-refractivity contribution is 7.14. The highest BCUT2D eigenvalue weighted by Crippen LogP contribution is 2.24. The van der Waals surface area contributed by atoms with Gasteiger partial charge in [-0.3, -0.25) is 15.2 Å². The summed E-state index contributed by atoms with van der Waals surface area (Å²) >= 11 is 3.02. The fraction of sp³-hybridized carbons (Fsp3) is 0.214. The fourth-order valence-corrected chi connectivity index (χ4v) is 3.33. The van der Waals surface area contributed by atoms with E-state index in [9.17, 15) is 4.79 Å². The molecule has 1 amide bonds. The minimum atomic E-state index is -0.251. The lowest BCUT2D eigenvalue weighted by molar-refractivity contribution is 0.102. The number of hydrogen-bond donors (Lipinski definition) is 2. The van der Waals surface area contributed by atoms with Crippen LogP contribution in [-0.2, 0) is 0 Å². The van der Waals surface area contributed by atoms with E-state index in [1.54, 1.807) is 17.4 Å². The quantitative estimate of drug-likeness (QED) is 0.764. The van der Waals surface area contributed by atoms with Crippen molar-refractivity contribution < 1.29 is 4.79 Å². The Morgan fingerprint density at radius 2 is 2.24 bits per heavy atom. The molecule has 3 rings (SSSR count). The van der Waals surface area contributed by atoms with Crippen molar-refractivity contribution in [1.29, 1.82) is 0 Å². The zero-order chi connectivity index (χ0) is 14.8.